The molecule has 0 radical (unpaired) electrons. The van der Waals surface area contributed by atoms with E-state index in [0.29, 0.717) is 17.5 Å². The molecular weight excluding hydrogens is 218 g/mol. The highest BCUT2D eigenvalue weighted by atomic mass is 16.1. The van der Waals surface area contributed by atoms with Crippen molar-refractivity contribution in [3.63, 3.8) is 0 Å². The molecule has 0 spiro atoms. The van der Waals surface area contributed by atoms with Crippen molar-refractivity contribution in [1.29, 1.82) is 10.7 Å². The molecule has 6 nitrogen and oxygen atoms in total. The van der Waals surface area contributed by atoms with Crippen molar-refractivity contribution in [3.05, 3.63) is 29.3 Å². The number of benzene rings is 1. The first kappa shape index (κ1) is 12.4. The van der Waals surface area contributed by atoms with Gasteiger partial charge in [-0.25, -0.2) is 0 Å². The molecule has 4 N–H and O–H groups in total. The first-order valence-electron chi connectivity index (χ1n) is 4.72. The molecule has 17 heavy (non-hydrogen) atoms. The van der Waals surface area contributed by atoms with E-state index in [1.54, 1.807) is 24.3 Å². The number of aryl methyl sites for hydroxylation is 1. The number of hydrogen-bond donors (Lipinski definition) is 3. The highest BCUT2D eigenvalue weighted by molar-refractivity contribution is 6.45. The van der Waals surface area contributed by atoms with Gasteiger partial charge in [-0.3, -0.25) is 15.6 Å². The van der Waals surface area contributed by atoms with Gasteiger partial charge in [0.1, 0.15) is 6.07 Å². The van der Waals surface area contributed by atoms with Gasteiger partial charge in [0.25, 0.3) is 0 Å². The lowest BCUT2D eigenvalue weighted by molar-refractivity contribution is 0.112. The average Bonchev–Trinajstić information content (AvgIpc) is 2.31. The molecule has 6 heteroatoms. The maximum Gasteiger partial charge on any atom is 0.201 e. The molecule has 0 aliphatic heterocycles. The first-order valence-corrected chi connectivity index (χ1v) is 4.72. The SMILES string of the molecule is Cc1ccc(N/N=C(\C#N)C(=N)N)c(C=O)c1. The fourth-order valence-corrected chi connectivity index (χ4v) is 1.14. The number of amidine groups is 1. The van der Waals surface area contributed by atoms with Crippen molar-refractivity contribution >= 4 is 23.5 Å². The van der Waals surface area contributed by atoms with Crippen molar-refractivity contribution in [1.82, 2.24) is 0 Å². The van der Waals surface area contributed by atoms with Crippen LogP contribution in [0.5, 0.6) is 0 Å². The third kappa shape index (κ3) is 3.14. The molecule has 1 aromatic rings. The number of hydrogen-bond acceptors (Lipinski definition) is 5. The smallest absolute Gasteiger partial charge is 0.201 e. The Kier molecular flexibility index (Phi) is 3.95. The molecule has 0 bridgehead atoms. The molecule has 0 fully saturated rings. The predicted octanol–water partition coefficient (Wildman–Crippen LogP) is 1.03. The van der Waals surface area contributed by atoms with Crippen molar-refractivity contribution in [2.75, 3.05) is 5.43 Å². The summed E-state index contributed by atoms with van der Waals surface area (Å²) in [6, 6.07) is 6.82. The lowest BCUT2D eigenvalue weighted by atomic mass is 10.1. The van der Waals surface area contributed by atoms with E-state index in [9.17, 15) is 4.79 Å². The topological polar surface area (TPSA) is 115 Å². The number of carbonyl (C=O) groups is 1. The van der Waals surface area contributed by atoms with Crippen molar-refractivity contribution in [3.8, 4) is 6.07 Å². The molecule has 0 atom stereocenters. The second-order valence-electron chi connectivity index (χ2n) is 3.31. The van der Waals surface area contributed by atoms with Crippen LogP contribution in [0.25, 0.3) is 0 Å². The van der Waals surface area contributed by atoms with Crippen LogP contribution in [0.4, 0.5) is 5.69 Å². The summed E-state index contributed by atoms with van der Waals surface area (Å²) in [4.78, 5) is 10.8. The summed E-state index contributed by atoms with van der Waals surface area (Å²) < 4.78 is 0. The Balaban J connectivity index is 3.01. The molecule has 0 unspecified atom stereocenters. The van der Waals surface area contributed by atoms with Gasteiger partial charge in [-0.1, -0.05) is 11.6 Å². The van der Waals surface area contributed by atoms with Gasteiger partial charge in [0, 0.05) is 5.56 Å². The molecule has 0 aliphatic rings. The number of nitrogens with one attached hydrogen (secondary N) is 2. The van der Waals surface area contributed by atoms with Gasteiger partial charge in [0.05, 0.1) is 5.69 Å². The summed E-state index contributed by atoms with van der Waals surface area (Å²) in [5.41, 5.74) is 9.25. The lowest BCUT2D eigenvalue weighted by Crippen LogP contribution is -2.22. The number of rotatable bonds is 4. The molecule has 0 aromatic heterocycles. The van der Waals surface area contributed by atoms with E-state index in [1.807, 2.05) is 6.92 Å². The zero-order valence-corrected chi connectivity index (χ0v) is 9.19. The van der Waals surface area contributed by atoms with E-state index in [4.69, 9.17) is 16.4 Å². The number of carbonyl (C=O) groups excluding carboxylic acids is 1. The van der Waals surface area contributed by atoms with Crippen molar-refractivity contribution in [2.45, 2.75) is 6.92 Å². The molecule has 0 heterocycles. The van der Waals surface area contributed by atoms with Crippen LogP contribution in [0.3, 0.4) is 0 Å². The average molecular weight is 229 g/mol. The van der Waals surface area contributed by atoms with Gasteiger partial charge >= 0.3 is 0 Å². The monoisotopic (exact) mass is 229 g/mol. The third-order valence-electron chi connectivity index (χ3n) is 1.98. The maximum atomic E-state index is 10.8. The van der Waals surface area contributed by atoms with E-state index in [0.717, 1.165) is 5.56 Å². The minimum Gasteiger partial charge on any atom is -0.382 e. The second kappa shape index (κ2) is 5.42. The summed E-state index contributed by atoms with van der Waals surface area (Å²) in [5, 5.41) is 19.3. The Morgan fingerprint density at radius 1 is 1.65 bits per heavy atom. The van der Waals surface area contributed by atoms with Crippen LogP contribution in [0.2, 0.25) is 0 Å². The zero-order chi connectivity index (χ0) is 12.8. The lowest BCUT2D eigenvalue weighted by Gasteiger charge is -2.05. The summed E-state index contributed by atoms with van der Waals surface area (Å²) in [7, 11) is 0. The number of anilines is 1. The minimum absolute atomic E-state index is 0.234. The van der Waals surface area contributed by atoms with E-state index < -0.39 is 5.84 Å². The molecule has 0 saturated carbocycles. The molecule has 86 valence electrons. The molecule has 0 aliphatic carbocycles. The first-order chi connectivity index (χ1) is 8.08. The van der Waals surface area contributed by atoms with Crippen LogP contribution in [0.1, 0.15) is 15.9 Å². The van der Waals surface area contributed by atoms with Crippen LogP contribution in [-0.4, -0.2) is 17.8 Å². The summed E-state index contributed by atoms with van der Waals surface area (Å²) in [6.45, 7) is 1.86. The number of nitrogens with two attached hydrogens (primary N) is 1. The van der Waals surface area contributed by atoms with Gasteiger partial charge in [0.2, 0.25) is 5.71 Å². The molecule has 1 aromatic carbocycles. The minimum atomic E-state index is -0.431. The van der Waals surface area contributed by atoms with Gasteiger partial charge < -0.3 is 5.73 Å². The zero-order valence-electron chi connectivity index (χ0n) is 9.19. The van der Waals surface area contributed by atoms with E-state index in [-0.39, 0.29) is 5.71 Å². The Bertz CT molecular complexity index is 527. The summed E-state index contributed by atoms with van der Waals surface area (Å²) >= 11 is 0. The standard InChI is InChI=1S/C11H11N5O/c1-7-2-3-9(8(4-7)6-17)15-16-10(5-12)11(13)14/h2-4,6,15H,1H3,(H3,13,14)/b16-10+. The Morgan fingerprint density at radius 3 is 2.88 bits per heavy atom. The van der Waals surface area contributed by atoms with Gasteiger partial charge in [-0.05, 0) is 19.1 Å². The Morgan fingerprint density at radius 2 is 2.35 bits per heavy atom. The fourth-order valence-electron chi connectivity index (χ4n) is 1.14. The summed E-state index contributed by atoms with van der Waals surface area (Å²) in [5.74, 6) is -0.431. The summed E-state index contributed by atoms with van der Waals surface area (Å²) in [6.07, 6.45) is 0.685. The molecule has 0 saturated heterocycles. The van der Waals surface area contributed by atoms with Gasteiger partial charge in [-0.2, -0.15) is 10.4 Å². The van der Waals surface area contributed by atoms with E-state index >= 15 is 0 Å². The third-order valence-corrected chi connectivity index (χ3v) is 1.98. The normalized spacial score (nSPS) is 10.5. The Hall–Kier alpha value is -2.68. The predicted molar refractivity (Wildman–Crippen MR) is 65.2 cm³/mol. The molecular formula is C11H11N5O. The highest BCUT2D eigenvalue weighted by Crippen LogP contribution is 2.15. The van der Waals surface area contributed by atoms with Crippen LogP contribution in [0.15, 0.2) is 23.3 Å². The Labute approximate surface area is 98.3 Å². The number of nitriles is 1. The maximum absolute atomic E-state index is 10.8. The van der Waals surface area contributed by atoms with Gasteiger partial charge in [0.15, 0.2) is 12.1 Å². The molecule has 1 rings (SSSR count). The van der Waals surface area contributed by atoms with E-state index in [2.05, 4.69) is 10.5 Å². The van der Waals surface area contributed by atoms with Crippen LogP contribution in [0, 0.1) is 23.7 Å². The van der Waals surface area contributed by atoms with Gasteiger partial charge in [-0.15, -0.1) is 0 Å². The number of hydrazone groups is 1. The second-order valence-corrected chi connectivity index (χ2v) is 3.31. The highest BCUT2D eigenvalue weighted by Gasteiger charge is 2.03. The van der Waals surface area contributed by atoms with Crippen LogP contribution in [-0.2, 0) is 0 Å². The number of nitrogens with zero attached hydrogens (tertiary/aromatic N) is 2. The van der Waals surface area contributed by atoms with Crippen LogP contribution < -0.4 is 11.2 Å². The fraction of sp³-hybridized carbons (Fsp3) is 0.0909. The quantitative estimate of drug-likeness (QED) is 0.309. The van der Waals surface area contributed by atoms with E-state index in [1.165, 1.54) is 0 Å². The number of aldehydes is 1. The van der Waals surface area contributed by atoms with Crippen molar-refractivity contribution < 1.29 is 4.79 Å². The van der Waals surface area contributed by atoms with Crippen molar-refractivity contribution in [2.24, 2.45) is 10.8 Å². The van der Waals surface area contributed by atoms with Crippen LogP contribution >= 0.6 is 0 Å². The molecule has 0 amide bonds. The largest absolute Gasteiger partial charge is 0.382 e.